The number of halogens is 1. The summed E-state index contributed by atoms with van der Waals surface area (Å²) in [5, 5.41) is 15.7. The molecule has 4 heteroatoms. The topological polar surface area (TPSA) is 57.5 Å². The molecule has 2 N–H and O–H groups in total. The van der Waals surface area contributed by atoms with Crippen molar-refractivity contribution in [1.29, 1.82) is 0 Å². The maximum absolute atomic E-state index is 8.56. The molecule has 3 nitrogen and oxygen atoms in total. The third kappa shape index (κ3) is 64.4. The molecule has 7 heavy (non-hydrogen) atoms. The zero-order valence-electron chi connectivity index (χ0n) is 3.26. The molecule has 0 aliphatic rings. The van der Waals surface area contributed by atoms with Gasteiger partial charge in [0.25, 0.3) is 0 Å². The molecular weight excluding hydrogens is 119 g/mol. The van der Waals surface area contributed by atoms with Crippen molar-refractivity contribution in [3.63, 3.8) is 0 Å². The Morgan fingerprint density at radius 1 is 1.71 bits per heavy atom. The second-order valence-corrected chi connectivity index (χ2v) is 0.610. The third-order valence-electron chi connectivity index (χ3n) is 0. The van der Waals surface area contributed by atoms with Crippen LogP contribution in [0.3, 0.4) is 0 Å². The summed E-state index contributed by atoms with van der Waals surface area (Å²) < 4.78 is 0. The fourth-order valence-corrected chi connectivity index (χ4v) is 0. The van der Waals surface area contributed by atoms with E-state index >= 15 is 0 Å². The highest BCUT2D eigenvalue weighted by molar-refractivity contribution is 6.29. The summed E-state index contributed by atoms with van der Waals surface area (Å²) >= 11 is 4.53. The van der Waals surface area contributed by atoms with Crippen LogP contribution in [0.2, 0.25) is 0 Å². The van der Waals surface area contributed by atoms with Crippen LogP contribution in [0.25, 0.3) is 0 Å². The molecule has 0 radical (unpaired) electrons. The van der Waals surface area contributed by atoms with E-state index in [0.29, 0.717) is 0 Å². The fraction of sp³-hybridized carbons (Fsp3) is 0. The molecule has 0 aromatic carbocycles. The van der Waals surface area contributed by atoms with E-state index in [-0.39, 0.29) is 0 Å². The van der Waals surface area contributed by atoms with Crippen LogP contribution in [0.1, 0.15) is 0 Å². The molecule has 0 aliphatic heterocycles. The summed E-state index contributed by atoms with van der Waals surface area (Å²) in [5.41, 5.74) is 0. The summed E-state index contributed by atoms with van der Waals surface area (Å²) in [4.78, 5) is 8.56. The van der Waals surface area contributed by atoms with Crippen molar-refractivity contribution in [3.05, 3.63) is 0 Å². The molecule has 0 aromatic rings. The van der Waals surface area contributed by atoms with Crippen molar-refractivity contribution in [2.45, 2.75) is 0 Å². The normalized spacial score (nSPS) is 4.57. The first-order valence-corrected chi connectivity index (χ1v) is 1.51. The first kappa shape index (κ1) is 9.45. The van der Waals surface area contributed by atoms with E-state index < -0.39 is 6.16 Å². The summed E-state index contributed by atoms with van der Waals surface area (Å²) in [6.07, 6.45) is 2.53. The van der Waals surface area contributed by atoms with E-state index in [1.807, 2.05) is 0 Å². The minimum Gasteiger partial charge on any atom is -0.450 e. The molecule has 0 amide bonds. The molecule has 0 spiro atoms. The predicted molar refractivity (Wildman–Crippen MR) is 25.3 cm³/mol. The largest absolute Gasteiger partial charge is 0.503 e. The van der Waals surface area contributed by atoms with Gasteiger partial charge in [-0.1, -0.05) is 0 Å². The van der Waals surface area contributed by atoms with Gasteiger partial charge in [-0.25, -0.2) is 4.79 Å². The average Bonchev–Trinajstić information content (AvgIpc) is 1.33. The Morgan fingerprint density at radius 2 is 1.71 bits per heavy atom. The Hall–Kier alpha value is -0.880. The number of terminal acetylenes is 1. The second-order valence-electron chi connectivity index (χ2n) is 0.392. The lowest BCUT2D eigenvalue weighted by atomic mass is 11.4. The SMILES string of the molecule is C#CCl.O=C(O)O. The van der Waals surface area contributed by atoms with Crippen LogP contribution in [0, 0.1) is 11.8 Å². The van der Waals surface area contributed by atoms with Crippen molar-refractivity contribution in [2.24, 2.45) is 0 Å². The molecule has 0 bridgehead atoms. The van der Waals surface area contributed by atoms with Crippen LogP contribution in [0.15, 0.2) is 0 Å². The first-order valence-electron chi connectivity index (χ1n) is 1.13. The molecule has 0 heterocycles. The lowest BCUT2D eigenvalue weighted by molar-refractivity contribution is 0.137. The van der Waals surface area contributed by atoms with Gasteiger partial charge in [0.1, 0.15) is 0 Å². The molecule has 0 fully saturated rings. The molecule has 40 valence electrons. The van der Waals surface area contributed by atoms with Gasteiger partial charge in [0.05, 0.1) is 0 Å². The highest BCUT2D eigenvalue weighted by atomic mass is 35.5. The van der Waals surface area contributed by atoms with E-state index in [1.54, 1.807) is 5.38 Å². The summed E-state index contributed by atoms with van der Waals surface area (Å²) in [6, 6.07) is 0. The molecule has 0 unspecified atom stereocenters. The number of hydrogen-bond donors (Lipinski definition) is 2. The van der Waals surface area contributed by atoms with Crippen LogP contribution in [0.4, 0.5) is 4.79 Å². The Morgan fingerprint density at radius 3 is 1.71 bits per heavy atom. The third-order valence-corrected chi connectivity index (χ3v) is 0. The number of hydrogen-bond acceptors (Lipinski definition) is 1. The van der Waals surface area contributed by atoms with Gasteiger partial charge in [0, 0.05) is 5.38 Å². The van der Waals surface area contributed by atoms with Crippen LogP contribution in [0.5, 0.6) is 0 Å². The summed E-state index contributed by atoms with van der Waals surface area (Å²) in [7, 11) is 0. The van der Waals surface area contributed by atoms with E-state index in [0.717, 1.165) is 0 Å². The van der Waals surface area contributed by atoms with Gasteiger partial charge in [0.2, 0.25) is 0 Å². The fourth-order valence-electron chi connectivity index (χ4n) is 0. The molecular formula is C3H3ClO3. The summed E-state index contributed by atoms with van der Waals surface area (Å²) in [6.45, 7) is 0. The molecule has 0 atom stereocenters. The van der Waals surface area contributed by atoms with E-state index in [1.165, 1.54) is 0 Å². The van der Waals surface area contributed by atoms with Crippen LogP contribution in [-0.4, -0.2) is 16.4 Å². The lowest BCUT2D eigenvalue weighted by Gasteiger charge is -1.60. The maximum Gasteiger partial charge on any atom is 0.503 e. The minimum absolute atomic E-state index is 1.72. The van der Waals surface area contributed by atoms with E-state index in [2.05, 4.69) is 18.0 Å². The number of carbonyl (C=O) groups is 1. The Balaban J connectivity index is 0. The second kappa shape index (κ2) is 8.93. The smallest absolute Gasteiger partial charge is 0.450 e. The zero-order valence-corrected chi connectivity index (χ0v) is 4.01. The van der Waals surface area contributed by atoms with Gasteiger partial charge < -0.3 is 10.2 Å². The Labute approximate surface area is 45.5 Å². The maximum atomic E-state index is 8.56. The molecule has 0 rings (SSSR count). The molecule has 0 aliphatic carbocycles. The molecule has 0 saturated heterocycles. The van der Waals surface area contributed by atoms with Gasteiger partial charge in [-0.05, 0) is 11.6 Å². The van der Waals surface area contributed by atoms with Crippen LogP contribution >= 0.6 is 11.6 Å². The Kier molecular flexibility index (Phi) is 12.1. The zero-order chi connectivity index (χ0) is 6.28. The van der Waals surface area contributed by atoms with Gasteiger partial charge in [-0.3, -0.25) is 0 Å². The Bertz CT molecular complexity index is 78.7. The first-order chi connectivity index (χ1) is 3.15. The molecule has 0 saturated carbocycles. The number of carboxylic acid groups (broad SMARTS) is 2. The van der Waals surface area contributed by atoms with Gasteiger partial charge >= 0.3 is 6.16 Å². The van der Waals surface area contributed by atoms with Crippen molar-refractivity contribution < 1.29 is 15.0 Å². The highest BCUT2D eigenvalue weighted by Gasteiger charge is 1.70. The minimum atomic E-state index is -1.83. The van der Waals surface area contributed by atoms with Gasteiger partial charge in [-0.15, -0.1) is 6.42 Å². The number of rotatable bonds is 0. The highest BCUT2D eigenvalue weighted by Crippen LogP contribution is 1.48. The van der Waals surface area contributed by atoms with Gasteiger partial charge in [0.15, 0.2) is 0 Å². The van der Waals surface area contributed by atoms with Crippen molar-refractivity contribution >= 4 is 17.8 Å². The van der Waals surface area contributed by atoms with Crippen molar-refractivity contribution in [2.75, 3.05) is 0 Å². The standard InChI is InChI=1S/C2HCl.CH2O3/c1-2-3;2-1(3)4/h1H;(H2,2,3,4). The van der Waals surface area contributed by atoms with Crippen molar-refractivity contribution in [3.8, 4) is 11.8 Å². The van der Waals surface area contributed by atoms with Crippen LogP contribution < -0.4 is 0 Å². The van der Waals surface area contributed by atoms with E-state index in [9.17, 15) is 0 Å². The van der Waals surface area contributed by atoms with E-state index in [4.69, 9.17) is 15.0 Å². The molecule has 0 aromatic heterocycles. The lowest BCUT2D eigenvalue weighted by Crippen LogP contribution is -1.81. The summed E-state index contributed by atoms with van der Waals surface area (Å²) in [5.74, 6) is 0. The predicted octanol–water partition coefficient (Wildman–Crippen LogP) is 1.04. The van der Waals surface area contributed by atoms with Crippen molar-refractivity contribution in [1.82, 2.24) is 0 Å². The van der Waals surface area contributed by atoms with Gasteiger partial charge in [-0.2, -0.15) is 0 Å². The monoisotopic (exact) mass is 122 g/mol. The average molecular weight is 123 g/mol. The van der Waals surface area contributed by atoms with Crippen LogP contribution in [-0.2, 0) is 0 Å². The quantitative estimate of drug-likeness (QED) is 0.472.